The maximum Gasteiger partial charge on any atom is 0.336 e. The van der Waals surface area contributed by atoms with Crippen molar-refractivity contribution in [3.8, 4) is 0 Å². The lowest BCUT2D eigenvalue weighted by Gasteiger charge is -2.12. The Morgan fingerprint density at radius 2 is 1.73 bits per heavy atom. The van der Waals surface area contributed by atoms with Crippen LogP contribution in [0.15, 0.2) is 54.6 Å². The number of rotatable bonds is 3. The summed E-state index contributed by atoms with van der Waals surface area (Å²) < 4.78 is 0. The van der Waals surface area contributed by atoms with Crippen molar-refractivity contribution in [2.24, 2.45) is 0 Å². The Kier molecular flexibility index (Phi) is 3.68. The van der Waals surface area contributed by atoms with E-state index in [4.69, 9.17) is 0 Å². The third-order valence-electron chi connectivity index (χ3n) is 4.05. The number of hydrogen-bond donors (Lipinski definition) is 1. The van der Waals surface area contributed by atoms with Crippen LogP contribution in [0.3, 0.4) is 0 Å². The van der Waals surface area contributed by atoms with Gasteiger partial charge in [-0.05, 0) is 47.7 Å². The van der Waals surface area contributed by atoms with Crippen molar-refractivity contribution < 1.29 is 9.90 Å². The van der Waals surface area contributed by atoms with E-state index >= 15 is 0 Å². The third kappa shape index (κ3) is 2.60. The Balaban J connectivity index is 2.15. The third-order valence-corrected chi connectivity index (χ3v) is 4.05. The van der Waals surface area contributed by atoms with Crippen LogP contribution >= 0.6 is 0 Å². The normalized spacial score (nSPS) is 10.8. The smallest absolute Gasteiger partial charge is 0.336 e. The van der Waals surface area contributed by atoms with Crippen LogP contribution in [0.25, 0.3) is 10.8 Å². The van der Waals surface area contributed by atoms with E-state index in [1.54, 1.807) is 0 Å². The van der Waals surface area contributed by atoms with E-state index in [1.807, 2.05) is 37.3 Å². The molecule has 2 heteroatoms. The molecular weight excluding hydrogens is 272 g/mol. The molecule has 3 aromatic carbocycles. The van der Waals surface area contributed by atoms with Crippen LogP contribution in [0.5, 0.6) is 0 Å². The molecule has 0 aliphatic heterocycles. The fourth-order valence-electron chi connectivity index (χ4n) is 3.09. The molecule has 0 fully saturated rings. The lowest BCUT2D eigenvalue weighted by molar-refractivity contribution is 0.0695. The van der Waals surface area contributed by atoms with Crippen molar-refractivity contribution in [3.05, 3.63) is 82.4 Å². The first-order chi connectivity index (χ1) is 10.6. The Bertz CT molecular complexity index is 863. The monoisotopic (exact) mass is 290 g/mol. The van der Waals surface area contributed by atoms with Gasteiger partial charge in [0.2, 0.25) is 0 Å². The highest BCUT2D eigenvalue weighted by Crippen LogP contribution is 2.25. The molecule has 0 saturated heterocycles. The molecule has 3 aromatic rings. The molecule has 22 heavy (non-hydrogen) atoms. The highest BCUT2D eigenvalue weighted by molar-refractivity contribution is 5.92. The van der Waals surface area contributed by atoms with Gasteiger partial charge in [0.05, 0.1) is 5.56 Å². The van der Waals surface area contributed by atoms with Gasteiger partial charge in [0.15, 0.2) is 0 Å². The zero-order valence-electron chi connectivity index (χ0n) is 12.8. The summed E-state index contributed by atoms with van der Waals surface area (Å²) in [7, 11) is 0. The highest BCUT2D eigenvalue weighted by Gasteiger charge is 2.14. The molecule has 0 amide bonds. The van der Waals surface area contributed by atoms with Crippen molar-refractivity contribution in [2.45, 2.75) is 20.3 Å². The van der Waals surface area contributed by atoms with Crippen LogP contribution in [-0.2, 0) is 6.42 Å². The standard InChI is InChI=1S/C20H18O2/c1-13-10-15-7-3-4-9-18(15)17(11-13)12-16-8-5-6-14(2)19(16)20(21)22/h3-11H,12H2,1-2H3,(H,21,22). The first-order valence-corrected chi connectivity index (χ1v) is 7.36. The SMILES string of the molecule is Cc1cc(Cc2cccc(C)c2C(=O)O)c2ccccc2c1. The minimum absolute atomic E-state index is 0.424. The molecule has 0 unspecified atom stereocenters. The van der Waals surface area contributed by atoms with Crippen LogP contribution < -0.4 is 0 Å². The van der Waals surface area contributed by atoms with Crippen LogP contribution in [0.4, 0.5) is 0 Å². The molecule has 0 spiro atoms. The van der Waals surface area contributed by atoms with Gasteiger partial charge in [0.1, 0.15) is 0 Å². The fraction of sp³-hybridized carbons (Fsp3) is 0.150. The summed E-state index contributed by atoms with van der Waals surface area (Å²) in [6.07, 6.45) is 0.630. The Morgan fingerprint density at radius 3 is 2.50 bits per heavy atom. The van der Waals surface area contributed by atoms with Crippen LogP contribution in [-0.4, -0.2) is 11.1 Å². The lowest BCUT2D eigenvalue weighted by Crippen LogP contribution is -2.06. The number of carbonyl (C=O) groups is 1. The molecular formula is C20H18O2. The van der Waals surface area contributed by atoms with E-state index < -0.39 is 5.97 Å². The number of hydrogen-bond acceptors (Lipinski definition) is 1. The lowest BCUT2D eigenvalue weighted by atomic mass is 9.92. The zero-order valence-corrected chi connectivity index (χ0v) is 12.8. The summed E-state index contributed by atoms with van der Waals surface area (Å²) in [6.45, 7) is 3.92. The number of aromatic carboxylic acids is 1. The summed E-state index contributed by atoms with van der Waals surface area (Å²) in [5.41, 5.74) is 4.46. The van der Waals surface area contributed by atoms with E-state index in [1.165, 1.54) is 21.9 Å². The van der Waals surface area contributed by atoms with E-state index in [9.17, 15) is 9.90 Å². The van der Waals surface area contributed by atoms with E-state index in [-0.39, 0.29) is 0 Å². The molecule has 2 nitrogen and oxygen atoms in total. The minimum Gasteiger partial charge on any atom is -0.478 e. The van der Waals surface area contributed by atoms with Crippen molar-refractivity contribution in [1.82, 2.24) is 0 Å². The zero-order chi connectivity index (χ0) is 15.7. The average Bonchev–Trinajstić information content (AvgIpc) is 2.46. The molecule has 0 radical (unpaired) electrons. The van der Waals surface area contributed by atoms with Crippen molar-refractivity contribution >= 4 is 16.7 Å². The second kappa shape index (κ2) is 5.64. The number of aryl methyl sites for hydroxylation is 2. The first kappa shape index (κ1) is 14.3. The number of carboxylic acids is 1. The fourth-order valence-corrected chi connectivity index (χ4v) is 3.09. The first-order valence-electron chi connectivity index (χ1n) is 7.36. The topological polar surface area (TPSA) is 37.3 Å². The highest BCUT2D eigenvalue weighted by atomic mass is 16.4. The second-order valence-electron chi connectivity index (χ2n) is 5.74. The predicted molar refractivity (Wildman–Crippen MR) is 89.6 cm³/mol. The molecule has 0 saturated carbocycles. The van der Waals surface area contributed by atoms with Gasteiger partial charge in [0.25, 0.3) is 0 Å². The van der Waals surface area contributed by atoms with Gasteiger partial charge in [-0.15, -0.1) is 0 Å². The quantitative estimate of drug-likeness (QED) is 0.756. The van der Waals surface area contributed by atoms with Gasteiger partial charge in [0, 0.05) is 0 Å². The van der Waals surface area contributed by atoms with Crippen LogP contribution in [0.1, 0.15) is 32.6 Å². The van der Waals surface area contributed by atoms with Gasteiger partial charge >= 0.3 is 5.97 Å². The summed E-state index contributed by atoms with van der Waals surface area (Å²) in [6, 6.07) is 18.2. The average molecular weight is 290 g/mol. The van der Waals surface area contributed by atoms with Gasteiger partial charge in [-0.2, -0.15) is 0 Å². The number of fused-ring (bicyclic) bond motifs is 1. The Labute approximate surface area is 130 Å². The van der Waals surface area contributed by atoms with Gasteiger partial charge in [-0.3, -0.25) is 0 Å². The predicted octanol–water partition coefficient (Wildman–Crippen LogP) is 4.75. The van der Waals surface area contributed by atoms with Crippen molar-refractivity contribution in [3.63, 3.8) is 0 Å². The molecule has 0 aliphatic rings. The van der Waals surface area contributed by atoms with Crippen LogP contribution in [0.2, 0.25) is 0 Å². The number of benzene rings is 3. The molecule has 0 bridgehead atoms. The molecule has 110 valence electrons. The van der Waals surface area contributed by atoms with E-state index in [0.717, 1.165) is 11.1 Å². The summed E-state index contributed by atoms with van der Waals surface area (Å²) in [5.74, 6) is -0.856. The summed E-state index contributed by atoms with van der Waals surface area (Å²) in [4.78, 5) is 11.6. The molecule has 0 aliphatic carbocycles. The largest absolute Gasteiger partial charge is 0.478 e. The maximum absolute atomic E-state index is 11.6. The molecule has 0 heterocycles. The van der Waals surface area contributed by atoms with Gasteiger partial charge in [-0.1, -0.05) is 60.2 Å². The minimum atomic E-state index is -0.856. The Morgan fingerprint density at radius 1 is 0.955 bits per heavy atom. The Hall–Kier alpha value is -2.61. The number of carboxylic acid groups (broad SMARTS) is 1. The molecule has 0 atom stereocenters. The summed E-state index contributed by atoms with van der Waals surface area (Å²) >= 11 is 0. The maximum atomic E-state index is 11.6. The van der Waals surface area contributed by atoms with E-state index in [2.05, 4.69) is 31.2 Å². The second-order valence-corrected chi connectivity index (χ2v) is 5.74. The molecule has 1 N–H and O–H groups in total. The van der Waals surface area contributed by atoms with E-state index in [0.29, 0.717) is 12.0 Å². The van der Waals surface area contributed by atoms with Crippen molar-refractivity contribution in [1.29, 1.82) is 0 Å². The van der Waals surface area contributed by atoms with Crippen molar-refractivity contribution in [2.75, 3.05) is 0 Å². The summed E-state index contributed by atoms with van der Waals surface area (Å²) in [5, 5.41) is 11.9. The van der Waals surface area contributed by atoms with Gasteiger partial charge < -0.3 is 5.11 Å². The van der Waals surface area contributed by atoms with Gasteiger partial charge in [-0.25, -0.2) is 4.79 Å². The molecule has 3 rings (SSSR count). The van der Waals surface area contributed by atoms with Crippen LogP contribution in [0, 0.1) is 13.8 Å². The molecule has 0 aromatic heterocycles.